The number of rotatable bonds is 7. The zero-order valence-electron chi connectivity index (χ0n) is 20.1. The smallest absolute Gasteiger partial charge is 0.337 e. The Morgan fingerprint density at radius 2 is 1.69 bits per heavy atom. The lowest BCUT2D eigenvalue weighted by Crippen LogP contribution is -2.38. The van der Waals surface area contributed by atoms with Gasteiger partial charge in [0, 0.05) is 22.3 Å². The van der Waals surface area contributed by atoms with Crippen LogP contribution in [-0.2, 0) is 14.3 Å². The number of carbonyl (C=O) groups is 3. The number of nitrogens with zero attached hydrogens (tertiary/aromatic N) is 1. The number of hydrogen-bond acceptors (Lipinski definition) is 7. The average Bonchev–Trinajstić information content (AvgIpc) is 3.04. The van der Waals surface area contributed by atoms with Crippen LogP contribution in [0.25, 0.3) is 0 Å². The van der Waals surface area contributed by atoms with Gasteiger partial charge in [-0.05, 0) is 54.1 Å². The molecule has 0 radical (unpaired) electrons. The number of hydrogen-bond donors (Lipinski definition) is 1. The first kappa shape index (κ1) is 25.1. The van der Waals surface area contributed by atoms with Crippen LogP contribution in [0.2, 0.25) is 0 Å². The van der Waals surface area contributed by atoms with Crippen LogP contribution in [0.4, 0.5) is 11.4 Å². The van der Waals surface area contributed by atoms with Crippen LogP contribution < -0.4 is 19.7 Å². The average molecular weight is 507 g/mol. The van der Waals surface area contributed by atoms with Crippen molar-refractivity contribution in [1.82, 2.24) is 0 Å². The maximum atomic E-state index is 13.4. The van der Waals surface area contributed by atoms with Gasteiger partial charge in [-0.1, -0.05) is 18.2 Å². The molecule has 0 bridgehead atoms. The number of methoxy groups -OCH3 is 3. The van der Waals surface area contributed by atoms with Crippen LogP contribution in [-0.4, -0.2) is 45.7 Å². The van der Waals surface area contributed by atoms with Gasteiger partial charge in [0.15, 0.2) is 11.5 Å². The quantitative estimate of drug-likeness (QED) is 0.464. The number of benzene rings is 3. The first-order valence-electron chi connectivity index (χ1n) is 11.2. The van der Waals surface area contributed by atoms with E-state index in [0.29, 0.717) is 28.4 Å². The molecule has 0 unspecified atom stereocenters. The van der Waals surface area contributed by atoms with Crippen molar-refractivity contribution in [3.8, 4) is 11.5 Å². The largest absolute Gasteiger partial charge is 0.493 e. The number of anilines is 2. The molecule has 36 heavy (non-hydrogen) atoms. The lowest BCUT2D eigenvalue weighted by atomic mass is 10.1. The minimum absolute atomic E-state index is 0.145. The molecule has 0 aromatic heterocycles. The molecule has 8 nitrogen and oxygen atoms in total. The first-order valence-corrected chi connectivity index (χ1v) is 12.1. The van der Waals surface area contributed by atoms with Crippen molar-refractivity contribution in [2.45, 2.75) is 16.6 Å². The molecule has 3 aromatic rings. The van der Waals surface area contributed by atoms with E-state index in [9.17, 15) is 14.4 Å². The molecule has 1 N–H and O–H groups in total. The highest BCUT2D eigenvalue weighted by atomic mass is 32.2. The SMILES string of the molecule is COC(=O)c1ccc(NC(=O)CN2C(=O)C[C@@H](c3ccc(OC)c(OC)c3)Sc3ccccc32)cc1. The van der Waals surface area contributed by atoms with E-state index >= 15 is 0 Å². The second-order valence-corrected chi connectivity index (χ2v) is 9.23. The Bertz CT molecular complexity index is 1280. The Labute approximate surface area is 213 Å². The minimum Gasteiger partial charge on any atom is -0.493 e. The molecule has 0 fully saturated rings. The monoisotopic (exact) mass is 506 g/mol. The summed E-state index contributed by atoms with van der Waals surface area (Å²) >= 11 is 1.57. The summed E-state index contributed by atoms with van der Waals surface area (Å²) in [5.74, 6) is 0.239. The van der Waals surface area contributed by atoms with Crippen LogP contribution in [0.15, 0.2) is 71.6 Å². The molecule has 4 rings (SSSR count). The maximum Gasteiger partial charge on any atom is 0.337 e. The number of fused-ring (bicyclic) bond motifs is 1. The molecular formula is C27H26N2O6S. The van der Waals surface area contributed by atoms with Gasteiger partial charge in [0.25, 0.3) is 0 Å². The summed E-state index contributed by atoms with van der Waals surface area (Å²) in [6.07, 6.45) is 0.204. The van der Waals surface area contributed by atoms with E-state index in [0.717, 1.165) is 10.5 Å². The summed E-state index contributed by atoms with van der Waals surface area (Å²) < 4.78 is 15.5. The molecular weight excluding hydrogens is 480 g/mol. The number of thioether (sulfide) groups is 1. The summed E-state index contributed by atoms with van der Waals surface area (Å²) in [5, 5.41) is 2.62. The summed E-state index contributed by atoms with van der Waals surface area (Å²) in [6, 6.07) is 19.5. The molecule has 1 aliphatic rings. The van der Waals surface area contributed by atoms with E-state index in [4.69, 9.17) is 14.2 Å². The van der Waals surface area contributed by atoms with Gasteiger partial charge in [-0.2, -0.15) is 0 Å². The lowest BCUT2D eigenvalue weighted by molar-refractivity contribution is -0.121. The van der Waals surface area contributed by atoms with Gasteiger partial charge >= 0.3 is 5.97 Å². The molecule has 1 heterocycles. The Morgan fingerprint density at radius 1 is 0.972 bits per heavy atom. The van der Waals surface area contributed by atoms with Gasteiger partial charge in [0.05, 0.1) is 32.6 Å². The van der Waals surface area contributed by atoms with Gasteiger partial charge in [0.1, 0.15) is 6.54 Å². The predicted molar refractivity (Wildman–Crippen MR) is 138 cm³/mol. The highest BCUT2D eigenvalue weighted by molar-refractivity contribution is 7.99. The third-order valence-electron chi connectivity index (χ3n) is 5.76. The second-order valence-electron chi connectivity index (χ2n) is 7.99. The number of carbonyl (C=O) groups excluding carboxylic acids is 3. The molecule has 0 spiro atoms. The normalized spacial score (nSPS) is 14.9. The van der Waals surface area contributed by atoms with Crippen molar-refractivity contribution in [2.24, 2.45) is 0 Å². The van der Waals surface area contributed by atoms with Gasteiger partial charge < -0.3 is 24.4 Å². The summed E-state index contributed by atoms with van der Waals surface area (Å²) in [4.78, 5) is 40.3. The van der Waals surface area contributed by atoms with E-state index in [1.54, 1.807) is 50.2 Å². The Morgan fingerprint density at radius 3 is 2.39 bits per heavy atom. The number of para-hydroxylation sites is 1. The van der Waals surface area contributed by atoms with Gasteiger partial charge in [-0.3, -0.25) is 9.59 Å². The fourth-order valence-corrected chi connectivity index (χ4v) is 5.21. The van der Waals surface area contributed by atoms with Crippen molar-refractivity contribution < 1.29 is 28.6 Å². The molecule has 1 aliphatic heterocycles. The first-order chi connectivity index (χ1) is 17.4. The molecule has 9 heteroatoms. The standard InChI is InChI=1S/C27H26N2O6S/c1-33-21-13-10-18(14-22(21)34-2)24-15-26(31)29(20-6-4-5-7-23(20)36-24)16-25(30)28-19-11-8-17(9-12-19)27(32)35-3/h4-14,24H,15-16H2,1-3H3,(H,28,30)/t24-/m0/s1. The van der Waals surface area contributed by atoms with E-state index in [2.05, 4.69) is 5.32 Å². The van der Waals surface area contributed by atoms with Crippen molar-refractivity contribution in [1.29, 1.82) is 0 Å². The summed E-state index contributed by atoms with van der Waals surface area (Å²) in [7, 11) is 4.46. The zero-order valence-corrected chi connectivity index (χ0v) is 21.0. The van der Waals surface area contributed by atoms with Crippen molar-refractivity contribution in [3.63, 3.8) is 0 Å². The fourth-order valence-electron chi connectivity index (χ4n) is 3.94. The third-order valence-corrected chi connectivity index (χ3v) is 7.08. The molecule has 0 saturated carbocycles. The number of ether oxygens (including phenoxy) is 3. The van der Waals surface area contributed by atoms with Crippen LogP contribution >= 0.6 is 11.8 Å². The maximum absolute atomic E-state index is 13.4. The highest BCUT2D eigenvalue weighted by Crippen LogP contribution is 2.46. The van der Waals surface area contributed by atoms with E-state index in [-0.39, 0.29) is 30.0 Å². The molecule has 1 atom stereocenters. The summed E-state index contributed by atoms with van der Waals surface area (Å²) in [5.41, 5.74) is 2.51. The van der Waals surface area contributed by atoms with Crippen LogP contribution in [0.3, 0.4) is 0 Å². The van der Waals surface area contributed by atoms with E-state index < -0.39 is 5.97 Å². The zero-order chi connectivity index (χ0) is 25.7. The Kier molecular flexibility index (Phi) is 7.80. The summed E-state index contributed by atoms with van der Waals surface area (Å²) in [6.45, 7) is -0.145. The lowest BCUT2D eigenvalue weighted by Gasteiger charge is -2.22. The van der Waals surface area contributed by atoms with E-state index in [1.807, 2.05) is 42.5 Å². The topological polar surface area (TPSA) is 94.2 Å². The molecule has 186 valence electrons. The van der Waals surface area contributed by atoms with Crippen LogP contribution in [0.5, 0.6) is 11.5 Å². The highest BCUT2D eigenvalue weighted by Gasteiger charge is 2.31. The molecule has 2 amide bonds. The van der Waals surface area contributed by atoms with Gasteiger partial charge in [-0.15, -0.1) is 11.8 Å². The van der Waals surface area contributed by atoms with Crippen molar-refractivity contribution in [2.75, 3.05) is 38.1 Å². The van der Waals surface area contributed by atoms with Crippen molar-refractivity contribution >= 4 is 40.9 Å². The molecule has 3 aromatic carbocycles. The number of amides is 2. The number of esters is 1. The van der Waals surface area contributed by atoms with Crippen molar-refractivity contribution in [3.05, 3.63) is 77.9 Å². The Balaban J connectivity index is 1.54. The van der Waals surface area contributed by atoms with Gasteiger partial charge in [0.2, 0.25) is 11.8 Å². The van der Waals surface area contributed by atoms with Gasteiger partial charge in [-0.25, -0.2) is 4.79 Å². The number of nitrogens with one attached hydrogen (secondary N) is 1. The molecule has 0 aliphatic carbocycles. The minimum atomic E-state index is -0.457. The van der Waals surface area contributed by atoms with Crippen LogP contribution in [0.1, 0.15) is 27.6 Å². The molecule has 0 saturated heterocycles. The second kappa shape index (κ2) is 11.2. The van der Waals surface area contributed by atoms with E-state index in [1.165, 1.54) is 12.0 Å². The fraction of sp³-hybridized carbons (Fsp3) is 0.222. The third kappa shape index (κ3) is 5.46. The van der Waals surface area contributed by atoms with Crippen LogP contribution in [0, 0.1) is 0 Å². The Hall–Kier alpha value is -3.98. The predicted octanol–water partition coefficient (Wildman–Crippen LogP) is 4.70.